The molecule has 0 aliphatic rings. The number of ether oxygens (including phenoxy) is 3. The summed E-state index contributed by atoms with van der Waals surface area (Å²) in [5, 5.41) is 24.5. The van der Waals surface area contributed by atoms with Gasteiger partial charge in [0.05, 0.1) is 29.0 Å². The molecule has 0 aliphatic heterocycles. The summed E-state index contributed by atoms with van der Waals surface area (Å²) in [6.45, 7) is 5.30. The number of fused-ring (bicyclic) bond motifs is 3. The fraction of sp³-hybridized carbons (Fsp3) is 0.333. The van der Waals surface area contributed by atoms with E-state index in [9.17, 15) is 29.8 Å². The van der Waals surface area contributed by atoms with E-state index in [1.165, 1.54) is 31.8 Å². The van der Waals surface area contributed by atoms with E-state index in [4.69, 9.17) is 18.6 Å². The number of carbonyl (C=O) groups excluding carboxylic acids is 2. The lowest BCUT2D eigenvalue weighted by Crippen LogP contribution is -2.00. The molecule has 0 radical (unpaired) electrons. The van der Waals surface area contributed by atoms with Crippen LogP contribution in [0.25, 0.3) is 33.1 Å². The van der Waals surface area contributed by atoms with Gasteiger partial charge >= 0.3 is 23.3 Å². The van der Waals surface area contributed by atoms with Gasteiger partial charge in [-0.15, -0.1) is 0 Å². The number of carbonyl (C=O) groups is 2. The minimum Gasteiger partial charge on any atom is -0.442 e. The molecule has 1 aromatic heterocycles. The molecule has 0 fully saturated rings. The van der Waals surface area contributed by atoms with Gasteiger partial charge in [0.1, 0.15) is 0 Å². The highest BCUT2D eigenvalue weighted by molar-refractivity contribution is 6.12. The van der Waals surface area contributed by atoms with Crippen molar-refractivity contribution in [1.29, 1.82) is 0 Å². The van der Waals surface area contributed by atoms with Crippen molar-refractivity contribution in [3.63, 3.8) is 0 Å². The van der Waals surface area contributed by atoms with E-state index in [1.54, 1.807) is 32.9 Å². The number of non-ortho nitro benzene ring substituents is 2. The number of hydrogen-bond donors (Lipinski definition) is 0. The van der Waals surface area contributed by atoms with E-state index in [-0.39, 0.29) is 47.8 Å². The van der Waals surface area contributed by atoms with Gasteiger partial charge in [-0.25, -0.2) is 0 Å². The number of furan rings is 1. The first-order valence-corrected chi connectivity index (χ1v) is 12.2. The minimum atomic E-state index is -0.644. The molecule has 2 aromatic carbocycles. The third-order valence-electron chi connectivity index (χ3n) is 5.97. The molecule has 0 unspecified atom stereocenters. The Morgan fingerprint density at radius 3 is 1.67 bits per heavy atom. The standard InChI is InChI=1S/C27H28N2O10/c1-5-16(14-37-24(30)6-2)18-10-20-21-11-19(17(8-9-36-4)15-38-25(31)7-3)13-23(29(34)35)27(21)39-26(20)22(12-18)28(32)33/h10-15H,5-9H2,1-4H3/b16-14+,17-15+. The van der Waals surface area contributed by atoms with Crippen LogP contribution in [-0.4, -0.2) is 35.5 Å². The van der Waals surface area contributed by atoms with Gasteiger partial charge in [0, 0.05) is 42.9 Å². The normalized spacial score (nSPS) is 12.1. The largest absolute Gasteiger partial charge is 0.442 e. The average Bonchev–Trinajstić information content (AvgIpc) is 3.30. The van der Waals surface area contributed by atoms with E-state index in [0.717, 1.165) is 0 Å². The Hall–Kier alpha value is -4.58. The van der Waals surface area contributed by atoms with Crippen LogP contribution in [0.4, 0.5) is 11.4 Å². The van der Waals surface area contributed by atoms with E-state index in [1.807, 2.05) is 0 Å². The first-order valence-electron chi connectivity index (χ1n) is 12.2. The minimum absolute atomic E-state index is 0.132. The summed E-state index contributed by atoms with van der Waals surface area (Å²) in [5.41, 5.74) is 0.608. The molecule has 0 atom stereocenters. The van der Waals surface area contributed by atoms with Crippen molar-refractivity contribution >= 4 is 56.4 Å². The maximum Gasteiger partial charge on any atom is 0.312 e. The molecule has 12 heteroatoms. The summed E-state index contributed by atoms with van der Waals surface area (Å²) >= 11 is 0. The molecule has 0 N–H and O–H groups in total. The highest BCUT2D eigenvalue weighted by atomic mass is 16.6. The number of hydrogen-bond acceptors (Lipinski definition) is 10. The number of allylic oxidation sites excluding steroid dienone is 1. The predicted molar refractivity (Wildman–Crippen MR) is 143 cm³/mol. The number of rotatable bonds is 12. The summed E-state index contributed by atoms with van der Waals surface area (Å²) in [4.78, 5) is 46.2. The van der Waals surface area contributed by atoms with Gasteiger partial charge in [0.25, 0.3) is 0 Å². The maximum absolute atomic E-state index is 12.0. The lowest BCUT2D eigenvalue weighted by Gasteiger charge is -2.09. The zero-order valence-electron chi connectivity index (χ0n) is 22.0. The monoisotopic (exact) mass is 540 g/mol. The molecule has 12 nitrogen and oxygen atoms in total. The molecule has 0 spiro atoms. The molecule has 0 saturated heterocycles. The molecule has 3 aromatic rings. The van der Waals surface area contributed by atoms with Crippen molar-refractivity contribution in [3.8, 4) is 0 Å². The third kappa shape index (κ3) is 6.47. The first-order chi connectivity index (χ1) is 18.6. The van der Waals surface area contributed by atoms with Crippen molar-refractivity contribution in [1.82, 2.24) is 0 Å². The average molecular weight is 541 g/mol. The third-order valence-corrected chi connectivity index (χ3v) is 5.97. The second kappa shape index (κ2) is 12.8. The van der Waals surface area contributed by atoms with E-state index < -0.39 is 33.2 Å². The molecular formula is C27H28N2O10. The van der Waals surface area contributed by atoms with Crippen LogP contribution in [-0.2, 0) is 23.8 Å². The Balaban J connectivity index is 2.35. The van der Waals surface area contributed by atoms with Gasteiger partial charge in [0.15, 0.2) is 0 Å². The summed E-state index contributed by atoms with van der Waals surface area (Å²) in [7, 11) is 1.49. The Morgan fingerprint density at radius 1 is 0.795 bits per heavy atom. The van der Waals surface area contributed by atoms with Crippen molar-refractivity contribution in [2.24, 2.45) is 0 Å². The van der Waals surface area contributed by atoms with Gasteiger partial charge in [-0.3, -0.25) is 29.8 Å². The van der Waals surface area contributed by atoms with E-state index in [0.29, 0.717) is 28.7 Å². The molecule has 0 saturated carbocycles. The SMILES string of the molecule is CCC(=O)O/C=C(\CC)c1cc([N+](=O)[O-])c2oc3c([N+](=O)[O-])cc(/C(=C/OC(=O)CC)CCOC)cc3c2c1. The van der Waals surface area contributed by atoms with Crippen molar-refractivity contribution in [2.75, 3.05) is 13.7 Å². The summed E-state index contributed by atoms with van der Waals surface area (Å²) in [6, 6.07) is 5.74. The van der Waals surface area contributed by atoms with Crippen LogP contribution in [0.15, 0.2) is 41.2 Å². The lowest BCUT2D eigenvalue weighted by atomic mass is 9.98. The second-order valence-electron chi connectivity index (χ2n) is 8.43. The molecule has 0 aliphatic carbocycles. The van der Waals surface area contributed by atoms with Crippen LogP contribution in [0, 0.1) is 20.2 Å². The van der Waals surface area contributed by atoms with Crippen LogP contribution in [0.3, 0.4) is 0 Å². The zero-order valence-corrected chi connectivity index (χ0v) is 22.0. The Kier molecular flexibility index (Phi) is 9.50. The van der Waals surface area contributed by atoms with Crippen LogP contribution in [0.5, 0.6) is 0 Å². The fourth-order valence-corrected chi connectivity index (χ4v) is 3.86. The fourth-order valence-electron chi connectivity index (χ4n) is 3.86. The van der Waals surface area contributed by atoms with Gasteiger partial charge in [-0.2, -0.15) is 0 Å². The van der Waals surface area contributed by atoms with Crippen molar-refractivity contribution in [3.05, 3.63) is 68.1 Å². The van der Waals surface area contributed by atoms with E-state index in [2.05, 4.69) is 0 Å². The second-order valence-corrected chi connectivity index (χ2v) is 8.43. The number of nitro groups is 2. The maximum atomic E-state index is 12.0. The van der Waals surface area contributed by atoms with Crippen LogP contribution >= 0.6 is 0 Å². The number of nitrogens with zero attached hydrogens (tertiary/aromatic N) is 2. The van der Waals surface area contributed by atoms with Gasteiger partial charge in [-0.05, 0) is 47.2 Å². The van der Waals surface area contributed by atoms with Crippen LogP contribution < -0.4 is 0 Å². The lowest BCUT2D eigenvalue weighted by molar-refractivity contribution is -0.384. The number of nitro benzene ring substituents is 2. The summed E-state index contributed by atoms with van der Waals surface area (Å²) < 4.78 is 21.2. The number of methoxy groups -OCH3 is 1. The zero-order chi connectivity index (χ0) is 28.7. The summed E-state index contributed by atoms with van der Waals surface area (Å²) in [5.74, 6) is -0.957. The molecule has 1 heterocycles. The Bertz CT molecular complexity index is 1500. The number of esters is 2. The molecule has 0 bridgehead atoms. The van der Waals surface area contributed by atoms with Crippen molar-refractivity contribution in [2.45, 2.75) is 46.5 Å². The van der Waals surface area contributed by atoms with Crippen LogP contribution in [0.2, 0.25) is 0 Å². The van der Waals surface area contributed by atoms with Gasteiger partial charge in [0.2, 0.25) is 11.2 Å². The van der Waals surface area contributed by atoms with Crippen LogP contribution in [0.1, 0.15) is 57.6 Å². The van der Waals surface area contributed by atoms with E-state index >= 15 is 0 Å². The molecule has 206 valence electrons. The first kappa shape index (κ1) is 29.0. The van der Waals surface area contributed by atoms with Gasteiger partial charge < -0.3 is 18.6 Å². The van der Waals surface area contributed by atoms with Crippen molar-refractivity contribution < 1.29 is 38.1 Å². The molecular weight excluding hydrogens is 512 g/mol. The topological polar surface area (TPSA) is 161 Å². The highest BCUT2D eigenvalue weighted by Gasteiger charge is 2.27. The summed E-state index contributed by atoms with van der Waals surface area (Å²) in [6.07, 6.45) is 3.41. The number of benzene rings is 2. The quantitative estimate of drug-likeness (QED) is 0.108. The predicted octanol–water partition coefficient (Wildman–Crippen LogP) is 6.44. The Labute approximate surface area is 223 Å². The molecule has 39 heavy (non-hydrogen) atoms. The van der Waals surface area contributed by atoms with Gasteiger partial charge in [-0.1, -0.05) is 20.8 Å². The molecule has 3 rings (SSSR count). The molecule has 0 amide bonds. The highest BCUT2D eigenvalue weighted by Crippen LogP contribution is 2.42. The Morgan fingerprint density at radius 2 is 1.26 bits per heavy atom. The smallest absolute Gasteiger partial charge is 0.312 e.